The van der Waals surface area contributed by atoms with Gasteiger partial charge in [0, 0.05) is 19.6 Å². The Labute approximate surface area is 123 Å². The van der Waals surface area contributed by atoms with E-state index in [0.29, 0.717) is 5.41 Å². The average Bonchev–Trinajstić information content (AvgIpc) is 2.41. The highest BCUT2D eigenvalue weighted by molar-refractivity contribution is 5.84. The van der Waals surface area contributed by atoms with Gasteiger partial charge in [0.1, 0.15) is 6.54 Å². The van der Waals surface area contributed by atoms with Crippen LogP contribution in [0, 0.1) is 5.41 Å². The van der Waals surface area contributed by atoms with Crippen LogP contribution >= 0.6 is 0 Å². The van der Waals surface area contributed by atoms with Gasteiger partial charge in [-0.2, -0.15) is 0 Å². The summed E-state index contributed by atoms with van der Waals surface area (Å²) in [5.41, 5.74) is 0.445. The van der Waals surface area contributed by atoms with Crippen LogP contribution in [-0.2, 0) is 4.79 Å². The van der Waals surface area contributed by atoms with E-state index < -0.39 is 0 Å². The third-order valence-corrected chi connectivity index (χ3v) is 4.09. The standard InChI is InChI=1S/C15H30N4O/c1-4-10-17-13(20)11-18-14(16-6-3)19-12-15(5-2)8-7-9-15/h4-12H2,1-3H3,(H,17,20)(H2,16,18,19). The van der Waals surface area contributed by atoms with Gasteiger partial charge >= 0.3 is 0 Å². The van der Waals surface area contributed by atoms with Gasteiger partial charge in [-0.1, -0.05) is 20.3 Å². The van der Waals surface area contributed by atoms with Crippen molar-refractivity contribution < 1.29 is 4.79 Å². The van der Waals surface area contributed by atoms with Crippen LogP contribution in [0.2, 0.25) is 0 Å². The van der Waals surface area contributed by atoms with Gasteiger partial charge < -0.3 is 16.0 Å². The first-order chi connectivity index (χ1) is 9.65. The zero-order valence-electron chi connectivity index (χ0n) is 13.2. The van der Waals surface area contributed by atoms with Gasteiger partial charge in [-0.3, -0.25) is 4.79 Å². The van der Waals surface area contributed by atoms with E-state index in [1.807, 2.05) is 13.8 Å². The molecule has 1 amide bonds. The molecule has 5 heteroatoms. The third kappa shape index (κ3) is 5.39. The van der Waals surface area contributed by atoms with Crippen LogP contribution in [0.5, 0.6) is 0 Å². The molecule has 1 aliphatic carbocycles. The first kappa shape index (κ1) is 16.8. The van der Waals surface area contributed by atoms with Crippen molar-refractivity contribution >= 4 is 11.9 Å². The predicted molar refractivity (Wildman–Crippen MR) is 83.9 cm³/mol. The van der Waals surface area contributed by atoms with Crippen LogP contribution in [0.4, 0.5) is 0 Å². The number of guanidine groups is 1. The molecule has 0 bridgehead atoms. The van der Waals surface area contributed by atoms with Gasteiger partial charge in [0.05, 0.1) is 0 Å². The predicted octanol–water partition coefficient (Wildman–Crippen LogP) is 1.65. The Morgan fingerprint density at radius 1 is 1.15 bits per heavy atom. The molecule has 5 nitrogen and oxygen atoms in total. The maximum atomic E-state index is 11.6. The molecule has 1 saturated carbocycles. The fraction of sp³-hybridized carbons (Fsp3) is 0.867. The molecule has 1 aliphatic rings. The molecule has 0 aromatic rings. The second-order valence-corrected chi connectivity index (χ2v) is 5.61. The summed E-state index contributed by atoms with van der Waals surface area (Å²) in [5, 5.41) is 9.42. The Morgan fingerprint density at radius 2 is 1.90 bits per heavy atom. The Balaban J connectivity index is 2.40. The Morgan fingerprint density at radius 3 is 2.40 bits per heavy atom. The molecule has 20 heavy (non-hydrogen) atoms. The summed E-state index contributed by atoms with van der Waals surface area (Å²) in [7, 11) is 0. The number of hydrogen-bond donors (Lipinski definition) is 3. The fourth-order valence-electron chi connectivity index (χ4n) is 2.42. The monoisotopic (exact) mass is 282 g/mol. The SMILES string of the molecule is CCCNC(=O)CN=C(NCC)NCC1(CC)CCC1. The smallest absolute Gasteiger partial charge is 0.241 e. The Kier molecular flexibility index (Phi) is 7.41. The van der Waals surface area contributed by atoms with Gasteiger partial charge in [0.25, 0.3) is 0 Å². The van der Waals surface area contributed by atoms with E-state index in [2.05, 4.69) is 27.9 Å². The van der Waals surface area contributed by atoms with Crippen molar-refractivity contribution in [2.75, 3.05) is 26.2 Å². The molecule has 0 heterocycles. The molecule has 0 spiro atoms. The van der Waals surface area contributed by atoms with Crippen LogP contribution in [-0.4, -0.2) is 38.0 Å². The molecular weight excluding hydrogens is 252 g/mol. The lowest BCUT2D eigenvalue weighted by Crippen LogP contribution is -2.46. The van der Waals surface area contributed by atoms with Crippen molar-refractivity contribution in [3.63, 3.8) is 0 Å². The number of carbonyl (C=O) groups excluding carboxylic acids is 1. The number of aliphatic imine (C=N–C) groups is 1. The molecule has 3 N–H and O–H groups in total. The van der Waals surface area contributed by atoms with Gasteiger partial charge in [-0.15, -0.1) is 0 Å². The van der Waals surface area contributed by atoms with Gasteiger partial charge in [-0.25, -0.2) is 4.99 Å². The van der Waals surface area contributed by atoms with Crippen LogP contribution < -0.4 is 16.0 Å². The number of nitrogens with one attached hydrogen (secondary N) is 3. The van der Waals surface area contributed by atoms with Gasteiger partial charge in [-0.05, 0) is 38.0 Å². The molecule has 1 rings (SSSR count). The molecule has 0 aromatic carbocycles. The number of nitrogens with zero attached hydrogens (tertiary/aromatic N) is 1. The number of hydrogen-bond acceptors (Lipinski definition) is 2. The Bertz CT molecular complexity index is 318. The second kappa shape index (κ2) is 8.82. The summed E-state index contributed by atoms with van der Waals surface area (Å²) in [6, 6.07) is 0. The summed E-state index contributed by atoms with van der Waals surface area (Å²) in [5.74, 6) is 0.733. The normalized spacial score (nSPS) is 17.2. The van der Waals surface area contributed by atoms with E-state index in [-0.39, 0.29) is 12.5 Å². The highest BCUT2D eigenvalue weighted by atomic mass is 16.1. The maximum Gasteiger partial charge on any atom is 0.241 e. The zero-order chi connectivity index (χ0) is 14.8. The van der Waals surface area contributed by atoms with Crippen LogP contribution in [0.1, 0.15) is 52.9 Å². The molecule has 0 saturated heterocycles. The van der Waals surface area contributed by atoms with Crippen molar-refractivity contribution in [3.05, 3.63) is 0 Å². The van der Waals surface area contributed by atoms with Crippen molar-refractivity contribution in [1.29, 1.82) is 0 Å². The molecular formula is C15H30N4O. The molecule has 0 radical (unpaired) electrons. The van der Waals surface area contributed by atoms with Gasteiger partial charge in [0.2, 0.25) is 5.91 Å². The van der Waals surface area contributed by atoms with Crippen LogP contribution in [0.15, 0.2) is 4.99 Å². The number of amides is 1. The third-order valence-electron chi connectivity index (χ3n) is 4.09. The molecule has 0 unspecified atom stereocenters. The summed E-state index contributed by atoms with van der Waals surface area (Å²) in [6.07, 6.45) is 6.09. The number of carbonyl (C=O) groups is 1. The van der Waals surface area contributed by atoms with E-state index >= 15 is 0 Å². The van der Waals surface area contributed by atoms with E-state index in [1.165, 1.54) is 25.7 Å². The van der Waals surface area contributed by atoms with E-state index in [9.17, 15) is 4.79 Å². The average molecular weight is 282 g/mol. The van der Waals surface area contributed by atoms with Crippen molar-refractivity contribution in [3.8, 4) is 0 Å². The van der Waals surface area contributed by atoms with Crippen molar-refractivity contribution in [1.82, 2.24) is 16.0 Å². The lowest BCUT2D eigenvalue weighted by atomic mass is 9.67. The lowest BCUT2D eigenvalue weighted by molar-refractivity contribution is -0.119. The highest BCUT2D eigenvalue weighted by Gasteiger charge is 2.34. The number of rotatable bonds is 8. The van der Waals surface area contributed by atoms with E-state index in [0.717, 1.165) is 32.0 Å². The minimum atomic E-state index is -0.0158. The molecule has 0 aromatic heterocycles. The lowest BCUT2D eigenvalue weighted by Gasteiger charge is -2.41. The summed E-state index contributed by atoms with van der Waals surface area (Å²) in [4.78, 5) is 15.9. The van der Waals surface area contributed by atoms with E-state index in [4.69, 9.17) is 0 Å². The van der Waals surface area contributed by atoms with Crippen molar-refractivity contribution in [2.45, 2.75) is 52.9 Å². The fourth-order valence-corrected chi connectivity index (χ4v) is 2.42. The Hall–Kier alpha value is -1.26. The molecule has 0 atom stereocenters. The summed E-state index contributed by atoms with van der Waals surface area (Å²) >= 11 is 0. The molecule has 1 fully saturated rings. The first-order valence-corrected chi connectivity index (χ1v) is 7.94. The largest absolute Gasteiger partial charge is 0.357 e. The van der Waals surface area contributed by atoms with Gasteiger partial charge in [0.15, 0.2) is 5.96 Å². The first-order valence-electron chi connectivity index (χ1n) is 7.94. The molecule has 116 valence electrons. The highest BCUT2D eigenvalue weighted by Crippen LogP contribution is 2.42. The van der Waals surface area contributed by atoms with E-state index in [1.54, 1.807) is 0 Å². The van der Waals surface area contributed by atoms with Crippen molar-refractivity contribution in [2.24, 2.45) is 10.4 Å². The zero-order valence-corrected chi connectivity index (χ0v) is 13.2. The van der Waals surface area contributed by atoms with Crippen LogP contribution in [0.25, 0.3) is 0 Å². The maximum absolute atomic E-state index is 11.6. The summed E-state index contributed by atoms with van der Waals surface area (Å²) < 4.78 is 0. The second-order valence-electron chi connectivity index (χ2n) is 5.61. The quantitative estimate of drug-likeness (QED) is 0.468. The van der Waals surface area contributed by atoms with Crippen LogP contribution in [0.3, 0.4) is 0 Å². The summed E-state index contributed by atoms with van der Waals surface area (Å²) in [6.45, 7) is 8.99. The molecule has 0 aliphatic heterocycles. The minimum absolute atomic E-state index is 0.0158. The topological polar surface area (TPSA) is 65.5 Å². The minimum Gasteiger partial charge on any atom is -0.357 e.